The zero-order valence-electron chi connectivity index (χ0n) is 12.5. The van der Waals surface area contributed by atoms with Crippen LogP contribution in [0.1, 0.15) is 21.5 Å². The summed E-state index contributed by atoms with van der Waals surface area (Å²) < 4.78 is 11.2. The van der Waals surface area contributed by atoms with Gasteiger partial charge >= 0.3 is 0 Å². The Labute approximate surface area is 128 Å². The molecular formula is C16H19NO5. The van der Waals surface area contributed by atoms with E-state index in [0.717, 1.165) is 11.1 Å². The minimum Gasteiger partial charge on any atom is -0.466 e. The van der Waals surface area contributed by atoms with Crippen molar-refractivity contribution >= 4 is 11.6 Å². The molecule has 118 valence electrons. The number of aliphatic hydroxyl groups excluding tert-OH is 1. The lowest BCUT2D eigenvalue weighted by atomic mass is 9.95. The van der Waals surface area contributed by atoms with Gasteiger partial charge in [0.1, 0.15) is 5.75 Å². The van der Waals surface area contributed by atoms with E-state index in [2.05, 4.69) is 0 Å². The van der Waals surface area contributed by atoms with Crippen molar-refractivity contribution in [3.63, 3.8) is 0 Å². The number of aliphatic hydroxyl groups is 1. The molecule has 1 atom stereocenters. The highest BCUT2D eigenvalue weighted by atomic mass is 16.5. The number of morpholine rings is 1. The molecule has 0 aliphatic carbocycles. The van der Waals surface area contributed by atoms with Crippen molar-refractivity contribution < 1.29 is 24.2 Å². The summed E-state index contributed by atoms with van der Waals surface area (Å²) in [6.07, 6.45) is -0.376. The van der Waals surface area contributed by atoms with Crippen molar-refractivity contribution in [3.8, 4) is 5.75 Å². The second-order valence-electron chi connectivity index (χ2n) is 5.51. The van der Waals surface area contributed by atoms with Crippen molar-refractivity contribution in [2.75, 3.05) is 32.9 Å². The van der Waals surface area contributed by atoms with E-state index in [4.69, 9.17) is 14.6 Å². The molecule has 1 saturated heterocycles. The first-order valence-electron chi connectivity index (χ1n) is 7.44. The molecule has 1 N–H and O–H groups in total. The molecule has 0 aromatic heterocycles. The van der Waals surface area contributed by atoms with Crippen LogP contribution in [-0.2, 0) is 16.0 Å². The average molecular weight is 305 g/mol. The molecule has 0 amide bonds. The lowest BCUT2D eigenvalue weighted by Gasteiger charge is -2.36. The molecule has 1 fully saturated rings. The highest BCUT2D eigenvalue weighted by molar-refractivity contribution is 6.46. The Bertz CT molecular complexity index is 607. The number of rotatable bonds is 3. The molecule has 2 aliphatic rings. The minimum atomic E-state index is -0.869. The lowest BCUT2D eigenvalue weighted by Crippen LogP contribution is -2.54. The number of hydrogen-bond donors (Lipinski definition) is 1. The second-order valence-corrected chi connectivity index (χ2v) is 5.51. The molecule has 22 heavy (non-hydrogen) atoms. The van der Waals surface area contributed by atoms with Crippen molar-refractivity contribution in [2.45, 2.75) is 19.6 Å². The fourth-order valence-electron chi connectivity index (χ4n) is 2.92. The van der Waals surface area contributed by atoms with E-state index in [-0.39, 0.29) is 6.61 Å². The molecule has 1 aromatic carbocycles. The smallest absolute Gasteiger partial charge is 0.259 e. The quantitative estimate of drug-likeness (QED) is 0.811. The summed E-state index contributed by atoms with van der Waals surface area (Å²) >= 11 is 0. The van der Waals surface area contributed by atoms with Crippen molar-refractivity contribution in [1.29, 1.82) is 0 Å². The fraction of sp³-hybridized carbons (Fsp3) is 0.500. The number of nitrogens with zero attached hydrogens (tertiary/aromatic N) is 1. The third-order valence-electron chi connectivity index (χ3n) is 4.20. The van der Waals surface area contributed by atoms with Gasteiger partial charge in [-0.3, -0.25) is 14.5 Å². The van der Waals surface area contributed by atoms with Crippen LogP contribution in [0.5, 0.6) is 5.75 Å². The highest BCUT2D eigenvalue weighted by Gasteiger charge is 2.40. The first-order chi connectivity index (χ1) is 10.6. The number of carbonyl (C=O) groups is 2. The topological polar surface area (TPSA) is 76.1 Å². The average Bonchev–Trinajstić information content (AvgIpc) is 2.54. The summed E-state index contributed by atoms with van der Waals surface area (Å²) in [5, 5.41) is 9.11. The van der Waals surface area contributed by atoms with Gasteiger partial charge in [0.15, 0.2) is 0 Å². The van der Waals surface area contributed by atoms with E-state index in [1.165, 1.54) is 0 Å². The minimum absolute atomic E-state index is 0.0272. The van der Waals surface area contributed by atoms with Crippen LogP contribution in [0, 0.1) is 6.92 Å². The number of ketones is 2. The molecule has 1 unspecified atom stereocenters. The van der Waals surface area contributed by atoms with Gasteiger partial charge in [0.05, 0.1) is 18.8 Å². The molecule has 1 aromatic rings. The van der Waals surface area contributed by atoms with Crippen LogP contribution < -0.4 is 4.74 Å². The number of carbonyl (C=O) groups excluding carboxylic acids is 2. The maximum Gasteiger partial charge on any atom is 0.259 e. The first kappa shape index (κ1) is 15.1. The van der Waals surface area contributed by atoms with Gasteiger partial charge in [-0.15, -0.1) is 0 Å². The Hall–Kier alpha value is -1.76. The predicted molar refractivity (Wildman–Crippen MR) is 78.1 cm³/mol. The van der Waals surface area contributed by atoms with E-state index < -0.39 is 17.8 Å². The molecular weight excluding hydrogens is 286 g/mol. The van der Waals surface area contributed by atoms with Crippen LogP contribution in [0.4, 0.5) is 0 Å². The van der Waals surface area contributed by atoms with Gasteiger partial charge in [0.25, 0.3) is 5.78 Å². The first-order valence-corrected chi connectivity index (χ1v) is 7.44. The molecule has 0 bridgehead atoms. The van der Waals surface area contributed by atoms with Gasteiger partial charge in [0, 0.05) is 19.7 Å². The van der Waals surface area contributed by atoms with Crippen LogP contribution in [0.25, 0.3) is 0 Å². The monoisotopic (exact) mass is 305 g/mol. The number of benzene rings is 1. The molecule has 0 radical (unpaired) electrons. The van der Waals surface area contributed by atoms with E-state index in [0.29, 0.717) is 44.0 Å². The number of Topliss-reactive ketones (excluding diaryl/α,β-unsaturated/α-hetero) is 2. The van der Waals surface area contributed by atoms with E-state index in [1.807, 2.05) is 11.8 Å². The highest BCUT2D eigenvalue weighted by Crippen LogP contribution is 2.33. The largest absolute Gasteiger partial charge is 0.466 e. The van der Waals surface area contributed by atoms with Gasteiger partial charge in [-0.1, -0.05) is 6.07 Å². The van der Waals surface area contributed by atoms with Gasteiger partial charge in [-0.05, 0) is 30.5 Å². The van der Waals surface area contributed by atoms with Crippen LogP contribution in [-0.4, -0.2) is 60.7 Å². The van der Waals surface area contributed by atoms with E-state index in [1.54, 1.807) is 12.1 Å². The predicted octanol–water partition coefficient (Wildman–Crippen LogP) is 0.332. The summed E-state index contributed by atoms with van der Waals surface area (Å²) in [6.45, 7) is 4.06. The number of hydrogen-bond acceptors (Lipinski definition) is 6. The van der Waals surface area contributed by atoms with Crippen LogP contribution in [0.3, 0.4) is 0 Å². The molecule has 0 saturated carbocycles. The molecule has 0 spiro atoms. The summed E-state index contributed by atoms with van der Waals surface area (Å²) in [5.41, 5.74) is 2.04. The van der Waals surface area contributed by atoms with Crippen molar-refractivity contribution in [1.82, 2.24) is 4.90 Å². The van der Waals surface area contributed by atoms with Gasteiger partial charge in [-0.2, -0.15) is 0 Å². The third-order valence-corrected chi connectivity index (χ3v) is 4.20. The normalized spacial score (nSPS) is 22.4. The van der Waals surface area contributed by atoms with Crippen LogP contribution >= 0.6 is 0 Å². The Morgan fingerprint density at radius 1 is 1.27 bits per heavy atom. The van der Waals surface area contributed by atoms with Crippen LogP contribution in [0.2, 0.25) is 0 Å². The molecule has 6 heteroatoms. The second kappa shape index (κ2) is 6.16. The van der Waals surface area contributed by atoms with E-state index in [9.17, 15) is 9.59 Å². The van der Waals surface area contributed by atoms with Crippen molar-refractivity contribution in [2.24, 2.45) is 0 Å². The maximum atomic E-state index is 12.4. The SMILES string of the molecule is Cc1c(CCO)ccc2c1OC(N1CCOCC1)C(=O)C2=O. The van der Waals surface area contributed by atoms with Crippen LogP contribution in [0.15, 0.2) is 12.1 Å². The van der Waals surface area contributed by atoms with Gasteiger partial charge < -0.3 is 14.6 Å². The molecule has 3 rings (SSSR count). The molecule has 2 heterocycles. The number of fused-ring (bicyclic) bond motifs is 1. The lowest BCUT2D eigenvalue weighted by molar-refractivity contribution is -0.134. The Morgan fingerprint density at radius 2 is 2.00 bits per heavy atom. The zero-order chi connectivity index (χ0) is 15.7. The standard InChI is InChI=1S/C16H19NO5/c1-10-11(4-7-18)2-3-12-13(19)14(20)16(22-15(10)12)17-5-8-21-9-6-17/h2-3,16,18H,4-9H2,1H3. The summed E-state index contributed by atoms with van der Waals surface area (Å²) in [5.74, 6) is -0.563. The van der Waals surface area contributed by atoms with Gasteiger partial charge in [-0.25, -0.2) is 0 Å². The summed E-state index contributed by atoms with van der Waals surface area (Å²) in [7, 11) is 0. The van der Waals surface area contributed by atoms with Gasteiger partial charge in [0.2, 0.25) is 12.0 Å². The molecule has 6 nitrogen and oxygen atoms in total. The fourth-order valence-corrected chi connectivity index (χ4v) is 2.92. The Kier molecular flexibility index (Phi) is 4.24. The zero-order valence-corrected chi connectivity index (χ0v) is 12.5. The maximum absolute atomic E-state index is 12.4. The summed E-state index contributed by atoms with van der Waals surface area (Å²) in [6, 6.07) is 3.39. The van der Waals surface area contributed by atoms with E-state index >= 15 is 0 Å². The molecule has 2 aliphatic heterocycles. The third kappa shape index (κ3) is 2.54. The number of ether oxygens (including phenoxy) is 2. The Morgan fingerprint density at radius 3 is 2.68 bits per heavy atom. The van der Waals surface area contributed by atoms with Crippen molar-refractivity contribution in [3.05, 3.63) is 28.8 Å². The Balaban J connectivity index is 1.96. The summed E-state index contributed by atoms with van der Waals surface area (Å²) in [4.78, 5) is 26.5.